The molecular formula is C13H16OS. The number of thioether (sulfide) groups is 1. The summed E-state index contributed by atoms with van der Waals surface area (Å²) in [5.41, 5.74) is 1.11. The molecule has 2 heteroatoms. The lowest BCUT2D eigenvalue weighted by Gasteiger charge is -2.07. The highest BCUT2D eigenvalue weighted by molar-refractivity contribution is 8.11. The van der Waals surface area contributed by atoms with E-state index in [-0.39, 0.29) is 0 Å². The van der Waals surface area contributed by atoms with Crippen LogP contribution >= 0.6 is 11.8 Å². The largest absolute Gasteiger partial charge is 0.497 e. The molecule has 0 spiro atoms. The van der Waals surface area contributed by atoms with E-state index in [9.17, 15) is 0 Å². The minimum Gasteiger partial charge on any atom is -0.497 e. The fourth-order valence-electron chi connectivity index (χ4n) is 1.11. The van der Waals surface area contributed by atoms with Gasteiger partial charge in [0.05, 0.1) is 7.11 Å². The van der Waals surface area contributed by atoms with Crippen LogP contribution in [-0.4, -0.2) is 7.11 Å². The molecule has 80 valence electrons. The second-order valence-corrected chi connectivity index (χ2v) is 4.50. The van der Waals surface area contributed by atoms with Gasteiger partial charge in [0, 0.05) is 4.91 Å². The molecule has 1 rings (SSSR count). The van der Waals surface area contributed by atoms with Crippen LogP contribution in [0.25, 0.3) is 4.91 Å². The molecule has 0 saturated heterocycles. The van der Waals surface area contributed by atoms with E-state index >= 15 is 0 Å². The minimum atomic E-state index is 0.868. The molecule has 0 amide bonds. The van der Waals surface area contributed by atoms with Gasteiger partial charge in [0.1, 0.15) is 5.75 Å². The van der Waals surface area contributed by atoms with Gasteiger partial charge in [-0.1, -0.05) is 36.5 Å². The minimum absolute atomic E-state index is 0.868. The van der Waals surface area contributed by atoms with Crippen LogP contribution < -0.4 is 4.74 Å². The second kappa shape index (κ2) is 5.66. The molecule has 0 heterocycles. The number of allylic oxidation sites excluding steroid dienone is 2. The van der Waals surface area contributed by atoms with Crippen molar-refractivity contribution in [3.8, 4) is 5.75 Å². The standard InChI is InChI=1S/C13H16OS/c1-5-10(2)15-11(3)12-7-6-8-13(9-12)14-4/h5-9H,3H2,1-2,4H3/b10-5-. The van der Waals surface area contributed by atoms with Crippen LogP contribution in [0, 0.1) is 0 Å². The Morgan fingerprint density at radius 2 is 2.20 bits per heavy atom. The number of hydrogen-bond acceptors (Lipinski definition) is 2. The molecule has 1 nitrogen and oxygen atoms in total. The molecule has 0 N–H and O–H groups in total. The maximum atomic E-state index is 5.17. The lowest BCUT2D eigenvalue weighted by molar-refractivity contribution is 0.414. The molecule has 1 aromatic rings. The molecular weight excluding hydrogens is 204 g/mol. The van der Waals surface area contributed by atoms with Crippen LogP contribution in [0.1, 0.15) is 19.4 Å². The van der Waals surface area contributed by atoms with Gasteiger partial charge >= 0.3 is 0 Å². The molecule has 0 fully saturated rings. The maximum Gasteiger partial charge on any atom is 0.119 e. The summed E-state index contributed by atoms with van der Waals surface area (Å²) >= 11 is 1.68. The quantitative estimate of drug-likeness (QED) is 0.747. The normalized spacial score (nSPS) is 11.3. The molecule has 1 aromatic carbocycles. The highest BCUT2D eigenvalue weighted by atomic mass is 32.2. The van der Waals surface area contributed by atoms with Gasteiger partial charge in [0.25, 0.3) is 0 Å². The summed E-state index contributed by atoms with van der Waals surface area (Å²) in [5.74, 6) is 0.868. The van der Waals surface area contributed by atoms with Gasteiger partial charge < -0.3 is 4.74 Å². The summed E-state index contributed by atoms with van der Waals surface area (Å²) in [6.07, 6.45) is 2.08. The van der Waals surface area contributed by atoms with Crippen molar-refractivity contribution in [1.82, 2.24) is 0 Å². The van der Waals surface area contributed by atoms with E-state index in [1.54, 1.807) is 18.9 Å². The average molecular weight is 220 g/mol. The van der Waals surface area contributed by atoms with Crippen molar-refractivity contribution in [2.24, 2.45) is 0 Å². The maximum absolute atomic E-state index is 5.17. The van der Waals surface area contributed by atoms with Gasteiger partial charge in [-0.05, 0) is 36.4 Å². The van der Waals surface area contributed by atoms with Gasteiger partial charge in [-0.15, -0.1) is 0 Å². The van der Waals surface area contributed by atoms with E-state index in [1.165, 1.54) is 4.91 Å². The monoisotopic (exact) mass is 220 g/mol. The average Bonchev–Trinajstić information content (AvgIpc) is 2.28. The Morgan fingerprint density at radius 3 is 2.80 bits per heavy atom. The first-order chi connectivity index (χ1) is 7.17. The van der Waals surface area contributed by atoms with Gasteiger partial charge in [-0.3, -0.25) is 0 Å². The van der Waals surface area contributed by atoms with Crippen molar-refractivity contribution in [3.63, 3.8) is 0 Å². The van der Waals surface area contributed by atoms with Gasteiger partial charge in [0.2, 0.25) is 0 Å². The van der Waals surface area contributed by atoms with E-state index in [0.29, 0.717) is 0 Å². The van der Waals surface area contributed by atoms with E-state index in [0.717, 1.165) is 16.2 Å². The Hall–Kier alpha value is -1.15. The van der Waals surface area contributed by atoms with E-state index in [2.05, 4.69) is 19.6 Å². The van der Waals surface area contributed by atoms with Crippen molar-refractivity contribution in [3.05, 3.63) is 47.4 Å². The van der Waals surface area contributed by atoms with Crippen molar-refractivity contribution in [2.75, 3.05) is 7.11 Å². The Kier molecular flexibility index (Phi) is 4.50. The number of ether oxygens (including phenoxy) is 1. The zero-order chi connectivity index (χ0) is 11.3. The van der Waals surface area contributed by atoms with Crippen LogP contribution in [0.4, 0.5) is 0 Å². The molecule has 0 unspecified atom stereocenters. The fourth-order valence-corrected chi connectivity index (χ4v) is 1.86. The molecule has 0 bridgehead atoms. The first kappa shape index (κ1) is 11.9. The molecule has 15 heavy (non-hydrogen) atoms. The Morgan fingerprint density at radius 1 is 1.47 bits per heavy atom. The smallest absolute Gasteiger partial charge is 0.119 e. The second-order valence-electron chi connectivity index (χ2n) is 3.16. The highest BCUT2D eigenvalue weighted by Gasteiger charge is 2.01. The third kappa shape index (κ3) is 3.48. The number of rotatable bonds is 4. The Bertz CT molecular complexity index is 380. The van der Waals surface area contributed by atoms with Gasteiger partial charge in [0.15, 0.2) is 0 Å². The van der Waals surface area contributed by atoms with Crippen LogP contribution in [0.3, 0.4) is 0 Å². The van der Waals surface area contributed by atoms with Crippen LogP contribution in [0.15, 0.2) is 41.8 Å². The molecule has 0 aromatic heterocycles. The topological polar surface area (TPSA) is 9.23 Å². The summed E-state index contributed by atoms with van der Waals surface area (Å²) in [5, 5.41) is 0. The fraction of sp³-hybridized carbons (Fsp3) is 0.231. The number of hydrogen-bond donors (Lipinski definition) is 0. The number of benzene rings is 1. The zero-order valence-corrected chi connectivity index (χ0v) is 10.2. The molecule has 0 atom stereocenters. The molecule has 0 radical (unpaired) electrons. The number of methoxy groups -OCH3 is 1. The lowest BCUT2D eigenvalue weighted by atomic mass is 10.2. The van der Waals surface area contributed by atoms with E-state index in [1.807, 2.05) is 31.2 Å². The predicted octanol–water partition coefficient (Wildman–Crippen LogP) is 4.32. The summed E-state index contributed by atoms with van der Waals surface area (Å²) in [6.45, 7) is 8.16. The van der Waals surface area contributed by atoms with Gasteiger partial charge in [-0.25, -0.2) is 0 Å². The third-order valence-electron chi connectivity index (χ3n) is 2.08. The van der Waals surface area contributed by atoms with Crippen molar-refractivity contribution >= 4 is 16.7 Å². The summed E-state index contributed by atoms with van der Waals surface area (Å²) in [6, 6.07) is 7.95. The van der Waals surface area contributed by atoms with E-state index < -0.39 is 0 Å². The highest BCUT2D eigenvalue weighted by Crippen LogP contribution is 2.32. The summed E-state index contributed by atoms with van der Waals surface area (Å²) < 4.78 is 5.17. The molecule has 0 saturated carbocycles. The van der Waals surface area contributed by atoms with E-state index in [4.69, 9.17) is 4.74 Å². The Balaban J connectivity index is 2.82. The first-order valence-corrected chi connectivity index (χ1v) is 5.63. The molecule has 0 aliphatic heterocycles. The summed E-state index contributed by atoms with van der Waals surface area (Å²) in [4.78, 5) is 2.30. The molecule has 0 aliphatic carbocycles. The van der Waals surface area contributed by atoms with Crippen molar-refractivity contribution < 1.29 is 4.74 Å². The summed E-state index contributed by atoms with van der Waals surface area (Å²) in [7, 11) is 1.67. The van der Waals surface area contributed by atoms with Crippen LogP contribution in [0.2, 0.25) is 0 Å². The van der Waals surface area contributed by atoms with Crippen molar-refractivity contribution in [2.45, 2.75) is 13.8 Å². The predicted molar refractivity (Wildman–Crippen MR) is 69.1 cm³/mol. The zero-order valence-electron chi connectivity index (χ0n) is 9.41. The SMILES string of the molecule is C=C(S/C(C)=C\C)c1cccc(OC)c1. The Labute approximate surface area is 95.8 Å². The lowest BCUT2D eigenvalue weighted by Crippen LogP contribution is -1.84. The third-order valence-corrected chi connectivity index (χ3v) is 3.12. The van der Waals surface area contributed by atoms with Crippen LogP contribution in [0.5, 0.6) is 5.75 Å². The van der Waals surface area contributed by atoms with Gasteiger partial charge in [-0.2, -0.15) is 0 Å². The van der Waals surface area contributed by atoms with Crippen molar-refractivity contribution in [1.29, 1.82) is 0 Å². The van der Waals surface area contributed by atoms with Crippen LogP contribution in [-0.2, 0) is 0 Å². The molecule has 0 aliphatic rings. The first-order valence-electron chi connectivity index (χ1n) is 4.81.